The Hall–Kier alpha value is -0.800. The Kier molecular flexibility index (Phi) is 4.46. The Morgan fingerprint density at radius 2 is 2.28 bits per heavy atom. The zero-order valence-electron chi connectivity index (χ0n) is 11.2. The third-order valence-electron chi connectivity index (χ3n) is 3.52. The number of halogens is 1. The highest BCUT2D eigenvalue weighted by Crippen LogP contribution is 2.28. The highest BCUT2D eigenvalue weighted by molar-refractivity contribution is 6.32. The lowest BCUT2D eigenvalue weighted by Gasteiger charge is -2.33. The fourth-order valence-corrected chi connectivity index (χ4v) is 2.59. The molecule has 4 heteroatoms. The summed E-state index contributed by atoms with van der Waals surface area (Å²) in [4.78, 5) is 4.13. The number of aryl methyl sites for hydroxylation is 1. The highest BCUT2D eigenvalue weighted by Gasteiger charge is 2.25. The first kappa shape index (κ1) is 13.6. The van der Waals surface area contributed by atoms with Crippen LogP contribution in [0.15, 0.2) is 12.3 Å². The Morgan fingerprint density at radius 1 is 1.50 bits per heavy atom. The molecule has 1 aliphatic rings. The number of ether oxygens (including phenoxy) is 1. The van der Waals surface area contributed by atoms with E-state index in [2.05, 4.69) is 31.1 Å². The summed E-state index contributed by atoms with van der Waals surface area (Å²) in [7, 11) is 0. The molecular formula is C14H21ClN2O. The minimum Gasteiger partial charge on any atom is -0.379 e. The summed E-state index contributed by atoms with van der Waals surface area (Å²) in [5.41, 5.74) is 2.11. The summed E-state index contributed by atoms with van der Waals surface area (Å²) in [5, 5.41) is 4.09. The molecule has 2 atom stereocenters. The fourth-order valence-electron chi connectivity index (χ4n) is 2.33. The van der Waals surface area contributed by atoms with Crippen molar-refractivity contribution in [2.24, 2.45) is 5.92 Å². The van der Waals surface area contributed by atoms with Crippen LogP contribution in [-0.4, -0.2) is 23.7 Å². The molecule has 0 spiro atoms. The normalized spacial score (nSPS) is 24.3. The lowest BCUT2D eigenvalue weighted by molar-refractivity contribution is -0.0160. The van der Waals surface area contributed by atoms with E-state index < -0.39 is 0 Å². The SMILES string of the molecule is Cc1ccnc(Cl)c1NC1CCOC(C(C)C)C1. The maximum atomic E-state index is 6.14. The average Bonchev–Trinajstić information content (AvgIpc) is 2.34. The van der Waals surface area contributed by atoms with Gasteiger partial charge in [-0.05, 0) is 37.3 Å². The van der Waals surface area contributed by atoms with E-state index >= 15 is 0 Å². The first-order valence-corrected chi connectivity index (χ1v) is 6.95. The van der Waals surface area contributed by atoms with Crippen molar-refractivity contribution in [2.45, 2.75) is 45.8 Å². The van der Waals surface area contributed by atoms with E-state index in [0.717, 1.165) is 30.7 Å². The molecule has 2 unspecified atom stereocenters. The fraction of sp³-hybridized carbons (Fsp3) is 0.643. The minimum atomic E-state index is 0.340. The Labute approximate surface area is 114 Å². The van der Waals surface area contributed by atoms with E-state index in [0.29, 0.717) is 23.2 Å². The van der Waals surface area contributed by atoms with Gasteiger partial charge in [0.1, 0.15) is 0 Å². The molecule has 0 amide bonds. The summed E-state index contributed by atoms with van der Waals surface area (Å²) in [5.74, 6) is 0.556. The summed E-state index contributed by atoms with van der Waals surface area (Å²) in [6.07, 6.45) is 4.13. The minimum absolute atomic E-state index is 0.340. The predicted molar refractivity (Wildman–Crippen MR) is 75.2 cm³/mol. The van der Waals surface area contributed by atoms with Gasteiger partial charge in [-0.25, -0.2) is 4.98 Å². The number of rotatable bonds is 3. The topological polar surface area (TPSA) is 34.2 Å². The monoisotopic (exact) mass is 268 g/mol. The van der Waals surface area contributed by atoms with E-state index in [1.54, 1.807) is 6.20 Å². The van der Waals surface area contributed by atoms with Crippen LogP contribution in [0.5, 0.6) is 0 Å². The first-order valence-electron chi connectivity index (χ1n) is 6.57. The molecule has 1 N–H and O–H groups in total. The number of aromatic nitrogens is 1. The van der Waals surface area contributed by atoms with E-state index in [-0.39, 0.29) is 0 Å². The quantitative estimate of drug-likeness (QED) is 0.850. The van der Waals surface area contributed by atoms with Crippen molar-refractivity contribution in [3.8, 4) is 0 Å². The van der Waals surface area contributed by atoms with Crippen LogP contribution in [0.2, 0.25) is 5.15 Å². The molecule has 0 radical (unpaired) electrons. The number of hydrogen-bond donors (Lipinski definition) is 1. The van der Waals surface area contributed by atoms with Crippen molar-refractivity contribution in [1.82, 2.24) is 4.98 Å². The van der Waals surface area contributed by atoms with Gasteiger partial charge in [0.05, 0.1) is 11.8 Å². The number of nitrogens with zero attached hydrogens (tertiary/aromatic N) is 1. The van der Waals surface area contributed by atoms with Crippen molar-refractivity contribution >= 4 is 17.3 Å². The van der Waals surface area contributed by atoms with Gasteiger partial charge in [-0.15, -0.1) is 0 Å². The van der Waals surface area contributed by atoms with Gasteiger partial charge in [0.2, 0.25) is 0 Å². The second-order valence-electron chi connectivity index (χ2n) is 5.31. The largest absolute Gasteiger partial charge is 0.379 e. The van der Waals surface area contributed by atoms with E-state index in [9.17, 15) is 0 Å². The molecule has 0 aliphatic carbocycles. The molecule has 0 bridgehead atoms. The number of pyridine rings is 1. The van der Waals surface area contributed by atoms with Crippen LogP contribution in [0, 0.1) is 12.8 Å². The molecule has 0 saturated carbocycles. The summed E-state index contributed by atoms with van der Waals surface area (Å²) >= 11 is 6.14. The van der Waals surface area contributed by atoms with Gasteiger partial charge in [0.15, 0.2) is 5.15 Å². The Morgan fingerprint density at radius 3 is 2.94 bits per heavy atom. The summed E-state index contributed by atoms with van der Waals surface area (Å²) < 4.78 is 5.78. The number of nitrogens with one attached hydrogen (secondary N) is 1. The molecular weight excluding hydrogens is 248 g/mol. The van der Waals surface area contributed by atoms with Crippen LogP contribution >= 0.6 is 11.6 Å². The van der Waals surface area contributed by atoms with Gasteiger partial charge in [-0.2, -0.15) is 0 Å². The molecule has 0 aromatic carbocycles. The smallest absolute Gasteiger partial charge is 0.152 e. The maximum absolute atomic E-state index is 6.14. The lowest BCUT2D eigenvalue weighted by atomic mass is 9.95. The second kappa shape index (κ2) is 5.89. The van der Waals surface area contributed by atoms with Crippen LogP contribution in [0.25, 0.3) is 0 Å². The van der Waals surface area contributed by atoms with E-state index in [1.807, 2.05) is 6.07 Å². The predicted octanol–water partition coefficient (Wildman–Crippen LogP) is 3.66. The molecule has 1 saturated heterocycles. The molecule has 3 nitrogen and oxygen atoms in total. The lowest BCUT2D eigenvalue weighted by Crippen LogP contribution is -2.36. The zero-order chi connectivity index (χ0) is 13.1. The van der Waals surface area contributed by atoms with Crippen molar-refractivity contribution in [3.63, 3.8) is 0 Å². The highest BCUT2D eigenvalue weighted by atomic mass is 35.5. The summed E-state index contributed by atoms with van der Waals surface area (Å²) in [6.45, 7) is 7.28. The standard InChI is InChI=1S/C14H21ClN2O/c1-9(2)12-8-11(5-7-18-12)17-13-10(3)4-6-16-14(13)15/h4,6,9,11-12,17H,5,7-8H2,1-3H3. The van der Waals surface area contributed by atoms with Gasteiger partial charge < -0.3 is 10.1 Å². The van der Waals surface area contributed by atoms with Gasteiger partial charge in [-0.1, -0.05) is 25.4 Å². The summed E-state index contributed by atoms with van der Waals surface area (Å²) in [6, 6.07) is 2.40. The molecule has 18 heavy (non-hydrogen) atoms. The van der Waals surface area contributed by atoms with Crippen LogP contribution in [-0.2, 0) is 4.74 Å². The number of hydrogen-bond acceptors (Lipinski definition) is 3. The number of anilines is 1. The van der Waals surface area contributed by atoms with Gasteiger partial charge in [-0.3, -0.25) is 0 Å². The molecule has 2 rings (SSSR count). The van der Waals surface area contributed by atoms with Crippen LogP contribution in [0.1, 0.15) is 32.3 Å². The van der Waals surface area contributed by atoms with Crippen molar-refractivity contribution < 1.29 is 4.74 Å². The molecule has 1 aliphatic heterocycles. The third-order valence-corrected chi connectivity index (χ3v) is 3.81. The molecule has 100 valence electrons. The van der Waals surface area contributed by atoms with E-state index in [1.165, 1.54) is 0 Å². The Balaban J connectivity index is 2.05. The van der Waals surface area contributed by atoms with Crippen molar-refractivity contribution in [2.75, 3.05) is 11.9 Å². The first-order chi connectivity index (χ1) is 8.58. The third kappa shape index (κ3) is 3.15. The Bertz CT molecular complexity index is 389. The zero-order valence-corrected chi connectivity index (χ0v) is 12.0. The van der Waals surface area contributed by atoms with Crippen LogP contribution in [0.4, 0.5) is 5.69 Å². The van der Waals surface area contributed by atoms with Gasteiger partial charge in [0.25, 0.3) is 0 Å². The molecule has 1 aromatic heterocycles. The molecule has 1 aromatic rings. The van der Waals surface area contributed by atoms with Crippen LogP contribution < -0.4 is 5.32 Å². The van der Waals surface area contributed by atoms with Crippen molar-refractivity contribution in [3.05, 3.63) is 23.0 Å². The van der Waals surface area contributed by atoms with E-state index in [4.69, 9.17) is 16.3 Å². The van der Waals surface area contributed by atoms with Crippen molar-refractivity contribution in [1.29, 1.82) is 0 Å². The van der Waals surface area contributed by atoms with Gasteiger partial charge in [0, 0.05) is 18.8 Å². The molecule has 1 fully saturated rings. The van der Waals surface area contributed by atoms with Crippen LogP contribution in [0.3, 0.4) is 0 Å². The second-order valence-corrected chi connectivity index (χ2v) is 5.67. The molecule has 2 heterocycles. The average molecular weight is 269 g/mol. The van der Waals surface area contributed by atoms with Gasteiger partial charge >= 0.3 is 0 Å². The maximum Gasteiger partial charge on any atom is 0.152 e.